The van der Waals surface area contributed by atoms with Gasteiger partial charge in [0.25, 0.3) is 0 Å². The van der Waals surface area contributed by atoms with Crippen molar-refractivity contribution >= 4 is 5.97 Å². The van der Waals surface area contributed by atoms with Gasteiger partial charge in [-0.2, -0.15) is 0 Å². The molecule has 2 N–H and O–H groups in total. The molecule has 0 unspecified atom stereocenters. The molecule has 0 saturated carbocycles. The average Bonchev–Trinajstić information content (AvgIpc) is 2.37. The van der Waals surface area contributed by atoms with E-state index in [9.17, 15) is 4.79 Å². The van der Waals surface area contributed by atoms with Crippen molar-refractivity contribution in [1.29, 1.82) is 0 Å². The number of carboxylic acids is 1. The molecular formula is C14H23N3O2. The van der Waals surface area contributed by atoms with Crippen LogP contribution < -0.4 is 5.32 Å². The van der Waals surface area contributed by atoms with Gasteiger partial charge in [-0.05, 0) is 51.7 Å². The lowest BCUT2D eigenvalue weighted by atomic mass is 10.0. The SMILES string of the molecule is CCc1c(C(=O)O)ccnc1CNCCCN(C)C. The molecule has 1 aromatic rings. The maximum absolute atomic E-state index is 11.1. The van der Waals surface area contributed by atoms with Crippen LogP contribution in [0.25, 0.3) is 0 Å². The first-order chi connectivity index (χ1) is 9.06. The summed E-state index contributed by atoms with van der Waals surface area (Å²) >= 11 is 0. The fraction of sp³-hybridized carbons (Fsp3) is 0.571. The Morgan fingerprint density at radius 1 is 1.47 bits per heavy atom. The van der Waals surface area contributed by atoms with Crippen molar-refractivity contribution in [3.05, 3.63) is 29.1 Å². The average molecular weight is 265 g/mol. The lowest BCUT2D eigenvalue weighted by Gasteiger charge is -2.12. The third-order valence-corrected chi connectivity index (χ3v) is 2.98. The zero-order chi connectivity index (χ0) is 14.3. The van der Waals surface area contributed by atoms with Crippen LogP contribution in [0, 0.1) is 0 Å². The summed E-state index contributed by atoms with van der Waals surface area (Å²) in [5.41, 5.74) is 2.03. The van der Waals surface area contributed by atoms with E-state index in [0.29, 0.717) is 18.5 Å². The predicted molar refractivity (Wildman–Crippen MR) is 75.5 cm³/mol. The number of carboxylic acid groups (broad SMARTS) is 1. The molecule has 0 aliphatic carbocycles. The lowest BCUT2D eigenvalue weighted by Crippen LogP contribution is -2.22. The number of nitrogens with one attached hydrogen (secondary N) is 1. The van der Waals surface area contributed by atoms with Gasteiger partial charge >= 0.3 is 5.97 Å². The Bertz CT molecular complexity index is 419. The zero-order valence-corrected chi connectivity index (χ0v) is 11.9. The van der Waals surface area contributed by atoms with E-state index in [1.807, 2.05) is 21.0 Å². The lowest BCUT2D eigenvalue weighted by molar-refractivity contribution is 0.0695. The highest BCUT2D eigenvalue weighted by Gasteiger charge is 2.12. The number of hydrogen-bond acceptors (Lipinski definition) is 4. The minimum atomic E-state index is -0.881. The van der Waals surface area contributed by atoms with Gasteiger partial charge in [-0.25, -0.2) is 4.79 Å². The van der Waals surface area contributed by atoms with Gasteiger partial charge in [0, 0.05) is 12.7 Å². The van der Waals surface area contributed by atoms with Crippen LogP contribution in [0.5, 0.6) is 0 Å². The molecule has 0 amide bonds. The van der Waals surface area contributed by atoms with Crippen LogP contribution in [-0.2, 0) is 13.0 Å². The Kier molecular flexibility index (Phi) is 6.45. The first kappa shape index (κ1) is 15.6. The maximum atomic E-state index is 11.1. The van der Waals surface area contributed by atoms with Crippen LogP contribution in [-0.4, -0.2) is 48.1 Å². The van der Waals surface area contributed by atoms with Gasteiger partial charge in [0.2, 0.25) is 0 Å². The van der Waals surface area contributed by atoms with Gasteiger partial charge in [-0.3, -0.25) is 4.98 Å². The van der Waals surface area contributed by atoms with Crippen molar-refractivity contribution < 1.29 is 9.90 Å². The molecule has 5 heteroatoms. The molecule has 5 nitrogen and oxygen atoms in total. The van der Waals surface area contributed by atoms with Crippen LogP contribution in [0.15, 0.2) is 12.3 Å². The number of pyridine rings is 1. The van der Waals surface area contributed by atoms with E-state index in [0.717, 1.165) is 30.8 Å². The van der Waals surface area contributed by atoms with E-state index in [-0.39, 0.29) is 0 Å². The summed E-state index contributed by atoms with van der Waals surface area (Å²) in [6.07, 6.45) is 3.32. The monoisotopic (exact) mass is 265 g/mol. The summed E-state index contributed by atoms with van der Waals surface area (Å²) in [6, 6.07) is 1.57. The van der Waals surface area contributed by atoms with Crippen molar-refractivity contribution in [2.75, 3.05) is 27.2 Å². The fourth-order valence-electron chi connectivity index (χ4n) is 2.01. The summed E-state index contributed by atoms with van der Waals surface area (Å²) in [6.45, 7) is 4.52. The molecule has 19 heavy (non-hydrogen) atoms. The molecular weight excluding hydrogens is 242 g/mol. The Balaban J connectivity index is 2.58. The van der Waals surface area contributed by atoms with Crippen LogP contribution >= 0.6 is 0 Å². The van der Waals surface area contributed by atoms with Crippen LogP contribution in [0.1, 0.15) is 35.0 Å². The fourth-order valence-corrected chi connectivity index (χ4v) is 2.01. The number of carbonyl (C=O) groups is 1. The second-order valence-corrected chi connectivity index (χ2v) is 4.78. The highest BCUT2D eigenvalue weighted by atomic mass is 16.4. The van der Waals surface area contributed by atoms with Gasteiger partial charge in [0.15, 0.2) is 0 Å². The van der Waals surface area contributed by atoms with E-state index in [2.05, 4.69) is 15.2 Å². The molecule has 0 saturated heterocycles. The van der Waals surface area contributed by atoms with Crippen molar-refractivity contribution in [1.82, 2.24) is 15.2 Å². The van der Waals surface area contributed by atoms with Gasteiger partial charge in [-0.1, -0.05) is 6.92 Å². The number of aromatic nitrogens is 1. The van der Waals surface area contributed by atoms with E-state index in [1.54, 1.807) is 12.3 Å². The highest BCUT2D eigenvalue weighted by molar-refractivity contribution is 5.89. The normalized spacial score (nSPS) is 10.9. The third-order valence-electron chi connectivity index (χ3n) is 2.98. The minimum absolute atomic E-state index is 0.364. The van der Waals surface area contributed by atoms with Crippen molar-refractivity contribution in [2.24, 2.45) is 0 Å². The summed E-state index contributed by atoms with van der Waals surface area (Å²) in [4.78, 5) is 17.6. The van der Waals surface area contributed by atoms with Gasteiger partial charge in [0.05, 0.1) is 11.3 Å². The van der Waals surface area contributed by atoms with E-state index in [1.165, 1.54) is 0 Å². The number of rotatable bonds is 8. The molecule has 0 spiro atoms. The molecule has 0 fully saturated rings. The first-order valence-corrected chi connectivity index (χ1v) is 6.61. The first-order valence-electron chi connectivity index (χ1n) is 6.61. The predicted octanol–water partition coefficient (Wildman–Crippen LogP) is 1.38. The van der Waals surface area contributed by atoms with Gasteiger partial charge < -0.3 is 15.3 Å². The second-order valence-electron chi connectivity index (χ2n) is 4.78. The molecule has 0 bridgehead atoms. The smallest absolute Gasteiger partial charge is 0.336 e. The summed E-state index contributed by atoms with van der Waals surface area (Å²) in [5, 5.41) is 12.5. The standard InChI is InChI=1S/C14H23N3O2/c1-4-11-12(14(18)19)6-8-16-13(11)10-15-7-5-9-17(2)3/h6,8,15H,4-5,7,9-10H2,1-3H3,(H,18,19). The van der Waals surface area contributed by atoms with Crippen LogP contribution in [0.2, 0.25) is 0 Å². The summed E-state index contributed by atoms with van der Waals surface area (Å²) in [7, 11) is 4.10. The molecule has 0 aliphatic heterocycles. The molecule has 0 radical (unpaired) electrons. The third kappa shape index (κ3) is 4.96. The molecule has 1 rings (SSSR count). The largest absolute Gasteiger partial charge is 0.478 e. The molecule has 1 heterocycles. The van der Waals surface area contributed by atoms with Crippen molar-refractivity contribution in [2.45, 2.75) is 26.3 Å². The Labute approximate surface area is 114 Å². The molecule has 0 aromatic carbocycles. The number of aromatic carboxylic acids is 1. The van der Waals surface area contributed by atoms with Crippen LogP contribution in [0.3, 0.4) is 0 Å². The zero-order valence-electron chi connectivity index (χ0n) is 11.9. The number of nitrogens with zero attached hydrogens (tertiary/aromatic N) is 2. The molecule has 106 valence electrons. The van der Waals surface area contributed by atoms with Gasteiger partial charge in [0.1, 0.15) is 0 Å². The Morgan fingerprint density at radius 2 is 2.21 bits per heavy atom. The van der Waals surface area contributed by atoms with Gasteiger partial charge in [-0.15, -0.1) is 0 Å². The molecule has 1 aromatic heterocycles. The van der Waals surface area contributed by atoms with E-state index in [4.69, 9.17) is 5.11 Å². The van der Waals surface area contributed by atoms with Crippen molar-refractivity contribution in [3.8, 4) is 0 Å². The highest BCUT2D eigenvalue weighted by Crippen LogP contribution is 2.13. The van der Waals surface area contributed by atoms with E-state index < -0.39 is 5.97 Å². The Hall–Kier alpha value is -1.46. The maximum Gasteiger partial charge on any atom is 0.336 e. The second kappa shape index (κ2) is 7.86. The van der Waals surface area contributed by atoms with Crippen LogP contribution in [0.4, 0.5) is 0 Å². The van der Waals surface area contributed by atoms with Crippen molar-refractivity contribution in [3.63, 3.8) is 0 Å². The summed E-state index contributed by atoms with van der Waals surface area (Å²) in [5.74, 6) is -0.881. The summed E-state index contributed by atoms with van der Waals surface area (Å²) < 4.78 is 0. The minimum Gasteiger partial charge on any atom is -0.478 e. The quantitative estimate of drug-likeness (QED) is 0.695. The van der Waals surface area contributed by atoms with E-state index >= 15 is 0 Å². The number of hydrogen-bond donors (Lipinski definition) is 2. The topological polar surface area (TPSA) is 65.5 Å². The molecule has 0 aliphatic rings. The molecule has 0 atom stereocenters. The Morgan fingerprint density at radius 3 is 2.79 bits per heavy atom.